The largest absolute Gasteiger partial charge is 0.337 e. The lowest BCUT2D eigenvalue weighted by atomic mass is 10.1. The first-order valence-corrected chi connectivity index (χ1v) is 9.01. The molecule has 0 aromatic heterocycles. The van der Waals surface area contributed by atoms with Crippen molar-refractivity contribution in [2.75, 3.05) is 29.9 Å². The van der Waals surface area contributed by atoms with Crippen molar-refractivity contribution in [3.8, 4) is 0 Å². The number of hydrogen-bond acceptors (Lipinski definition) is 3. The van der Waals surface area contributed by atoms with Gasteiger partial charge in [0.1, 0.15) is 0 Å². The number of nitrogens with zero attached hydrogens (tertiary/aromatic N) is 1. The van der Waals surface area contributed by atoms with Gasteiger partial charge in [-0.05, 0) is 30.9 Å². The molecule has 1 saturated carbocycles. The van der Waals surface area contributed by atoms with E-state index in [0.29, 0.717) is 17.2 Å². The van der Waals surface area contributed by atoms with Crippen molar-refractivity contribution in [2.45, 2.75) is 20.3 Å². The molecule has 1 saturated heterocycles. The first-order chi connectivity index (χ1) is 10.6. The predicted molar refractivity (Wildman–Crippen MR) is 90.3 cm³/mol. The Morgan fingerprint density at radius 1 is 1.27 bits per heavy atom. The number of para-hydroxylation sites is 1. The smallest absolute Gasteiger partial charge is 0.256 e. The molecule has 0 radical (unpaired) electrons. The van der Waals surface area contributed by atoms with E-state index in [9.17, 15) is 9.59 Å². The number of aryl methyl sites for hydroxylation is 1. The van der Waals surface area contributed by atoms with Crippen LogP contribution in [0.2, 0.25) is 0 Å². The molecule has 1 aromatic carbocycles. The fraction of sp³-hybridized carbons (Fsp3) is 0.529. The number of benzene rings is 1. The van der Waals surface area contributed by atoms with Crippen molar-refractivity contribution in [3.63, 3.8) is 0 Å². The van der Waals surface area contributed by atoms with Gasteiger partial charge in [-0.2, -0.15) is 11.8 Å². The molecule has 4 nitrogen and oxygen atoms in total. The van der Waals surface area contributed by atoms with Gasteiger partial charge in [0.15, 0.2) is 0 Å². The topological polar surface area (TPSA) is 49.4 Å². The SMILES string of the molecule is Cc1cccc(C(=O)N2CCSCC2)c1NC(=O)[C@@H]1C[C@H]1C. The molecule has 3 rings (SSSR count). The molecule has 2 atom stereocenters. The van der Waals surface area contributed by atoms with Crippen LogP contribution in [0.3, 0.4) is 0 Å². The van der Waals surface area contributed by atoms with Crippen molar-refractivity contribution in [1.82, 2.24) is 4.90 Å². The second-order valence-electron chi connectivity index (χ2n) is 6.21. The van der Waals surface area contributed by atoms with E-state index < -0.39 is 0 Å². The number of nitrogens with one attached hydrogen (secondary N) is 1. The minimum atomic E-state index is 0.0307. The number of anilines is 1. The highest BCUT2D eigenvalue weighted by atomic mass is 32.2. The van der Waals surface area contributed by atoms with Gasteiger partial charge in [0.2, 0.25) is 5.91 Å². The second-order valence-corrected chi connectivity index (χ2v) is 7.44. The van der Waals surface area contributed by atoms with Gasteiger partial charge >= 0.3 is 0 Å². The summed E-state index contributed by atoms with van der Waals surface area (Å²) >= 11 is 1.88. The van der Waals surface area contributed by atoms with Gasteiger partial charge in [-0.25, -0.2) is 0 Å². The highest BCUT2D eigenvalue weighted by molar-refractivity contribution is 7.99. The van der Waals surface area contributed by atoms with Gasteiger partial charge < -0.3 is 10.2 Å². The molecule has 1 aromatic rings. The normalized spacial score (nSPS) is 24.0. The van der Waals surface area contributed by atoms with E-state index in [0.717, 1.165) is 36.6 Å². The number of amides is 2. The van der Waals surface area contributed by atoms with Crippen molar-refractivity contribution in [3.05, 3.63) is 29.3 Å². The number of rotatable bonds is 3. The molecule has 2 amide bonds. The van der Waals surface area contributed by atoms with E-state index in [1.54, 1.807) is 0 Å². The Morgan fingerprint density at radius 2 is 1.95 bits per heavy atom. The van der Waals surface area contributed by atoms with Crippen LogP contribution in [0.15, 0.2) is 18.2 Å². The Kier molecular flexibility index (Phi) is 4.43. The van der Waals surface area contributed by atoms with Gasteiger partial charge in [-0.1, -0.05) is 19.1 Å². The minimum absolute atomic E-state index is 0.0307. The Balaban J connectivity index is 1.82. The number of carbonyl (C=O) groups is 2. The maximum atomic E-state index is 12.8. The van der Waals surface area contributed by atoms with Crippen LogP contribution < -0.4 is 5.32 Å². The third kappa shape index (κ3) is 3.14. The first-order valence-electron chi connectivity index (χ1n) is 7.85. The maximum absolute atomic E-state index is 12.8. The monoisotopic (exact) mass is 318 g/mol. The average Bonchev–Trinajstić information content (AvgIpc) is 3.26. The summed E-state index contributed by atoms with van der Waals surface area (Å²) in [4.78, 5) is 26.9. The standard InChI is InChI=1S/C17H22N2O2S/c1-11-4-3-5-13(17(21)19-6-8-22-9-7-19)15(11)18-16(20)14-10-12(14)2/h3-5,12,14H,6-10H2,1-2H3,(H,18,20)/t12-,14-/m1/s1. The van der Waals surface area contributed by atoms with Crippen molar-refractivity contribution in [1.29, 1.82) is 0 Å². The van der Waals surface area contributed by atoms with Gasteiger partial charge in [-0.3, -0.25) is 9.59 Å². The molecule has 5 heteroatoms. The van der Waals surface area contributed by atoms with Crippen LogP contribution in [0.1, 0.15) is 29.3 Å². The summed E-state index contributed by atoms with van der Waals surface area (Å²) in [5.74, 6) is 2.61. The lowest BCUT2D eigenvalue weighted by Gasteiger charge is -2.27. The summed E-state index contributed by atoms with van der Waals surface area (Å²) in [6.45, 7) is 5.59. The zero-order chi connectivity index (χ0) is 15.7. The van der Waals surface area contributed by atoms with Crippen LogP contribution in [-0.4, -0.2) is 41.3 Å². The number of hydrogen-bond donors (Lipinski definition) is 1. The average molecular weight is 318 g/mol. The molecule has 0 unspecified atom stereocenters. The first kappa shape index (κ1) is 15.4. The lowest BCUT2D eigenvalue weighted by molar-refractivity contribution is -0.117. The molecule has 118 valence electrons. The van der Waals surface area contributed by atoms with Gasteiger partial charge in [-0.15, -0.1) is 0 Å². The van der Waals surface area contributed by atoms with Crippen LogP contribution in [0.25, 0.3) is 0 Å². The summed E-state index contributed by atoms with van der Waals surface area (Å²) in [5, 5.41) is 3.00. The molecule has 2 fully saturated rings. The third-order valence-corrected chi connectivity index (χ3v) is 5.44. The van der Waals surface area contributed by atoms with E-state index in [1.807, 2.05) is 41.8 Å². The Hall–Kier alpha value is -1.49. The quantitative estimate of drug-likeness (QED) is 0.932. The molecule has 0 bridgehead atoms. The summed E-state index contributed by atoms with van der Waals surface area (Å²) in [6, 6.07) is 5.65. The molecule has 1 N–H and O–H groups in total. The van der Waals surface area contributed by atoms with Crippen molar-refractivity contribution in [2.24, 2.45) is 11.8 Å². The summed E-state index contributed by atoms with van der Waals surface area (Å²) in [7, 11) is 0. The van der Waals surface area contributed by atoms with E-state index in [4.69, 9.17) is 0 Å². The van der Waals surface area contributed by atoms with Crippen molar-refractivity contribution < 1.29 is 9.59 Å². The summed E-state index contributed by atoms with van der Waals surface area (Å²) in [5.41, 5.74) is 2.25. The predicted octanol–water partition coefficient (Wildman–Crippen LogP) is 2.78. The molecule has 0 spiro atoms. The summed E-state index contributed by atoms with van der Waals surface area (Å²) in [6.07, 6.45) is 0.949. The molecule has 2 aliphatic rings. The maximum Gasteiger partial charge on any atom is 0.256 e. The molecule has 1 heterocycles. The second kappa shape index (κ2) is 6.32. The van der Waals surface area contributed by atoms with Gasteiger partial charge in [0.25, 0.3) is 5.91 Å². The van der Waals surface area contributed by atoms with Crippen LogP contribution in [0, 0.1) is 18.8 Å². The van der Waals surface area contributed by atoms with E-state index in [-0.39, 0.29) is 17.7 Å². The molecule has 1 aliphatic carbocycles. The molecule has 22 heavy (non-hydrogen) atoms. The lowest BCUT2D eigenvalue weighted by Crippen LogP contribution is -2.38. The zero-order valence-electron chi connectivity index (χ0n) is 13.1. The highest BCUT2D eigenvalue weighted by Crippen LogP contribution is 2.39. The molecular formula is C17H22N2O2S. The fourth-order valence-corrected chi connectivity index (χ4v) is 3.76. The summed E-state index contributed by atoms with van der Waals surface area (Å²) < 4.78 is 0. The Bertz CT molecular complexity index is 596. The van der Waals surface area contributed by atoms with Crippen LogP contribution in [-0.2, 0) is 4.79 Å². The van der Waals surface area contributed by atoms with E-state index in [2.05, 4.69) is 12.2 Å². The van der Waals surface area contributed by atoms with Gasteiger partial charge in [0.05, 0.1) is 11.3 Å². The van der Waals surface area contributed by atoms with Crippen LogP contribution in [0.4, 0.5) is 5.69 Å². The van der Waals surface area contributed by atoms with Gasteiger partial charge in [0, 0.05) is 30.5 Å². The Morgan fingerprint density at radius 3 is 2.59 bits per heavy atom. The van der Waals surface area contributed by atoms with E-state index >= 15 is 0 Å². The fourth-order valence-electron chi connectivity index (χ4n) is 2.85. The molecular weight excluding hydrogens is 296 g/mol. The zero-order valence-corrected chi connectivity index (χ0v) is 13.9. The Labute approximate surface area is 135 Å². The van der Waals surface area contributed by atoms with Crippen LogP contribution >= 0.6 is 11.8 Å². The van der Waals surface area contributed by atoms with Crippen molar-refractivity contribution >= 4 is 29.3 Å². The van der Waals surface area contributed by atoms with Crippen LogP contribution in [0.5, 0.6) is 0 Å². The number of thioether (sulfide) groups is 1. The highest BCUT2D eigenvalue weighted by Gasteiger charge is 2.39. The third-order valence-electron chi connectivity index (χ3n) is 4.50. The van der Waals surface area contributed by atoms with E-state index in [1.165, 1.54) is 0 Å². The number of carbonyl (C=O) groups excluding carboxylic acids is 2. The molecule has 1 aliphatic heterocycles. The minimum Gasteiger partial charge on any atom is -0.337 e.